The Morgan fingerprint density at radius 2 is 2.00 bits per heavy atom. The minimum absolute atomic E-state index is 0.0675. The number of amides is 1. The van der Waals surface area contributed by atoms with Crippen LogP contribution in [0.5, 0.6) is 5.75 Å². The summed E-state index contributed by atoms with van der Waals surface area (Å²) in [6.07, 6.45) is -0.859. The quantitative estimate of drug-likeness (QED) is 0.616. The van der Waals surface area contributed by atoms with Crippen LogP contribution in [0.4, 0.5) is 11.4 Å². The molecule has 0 aliphatic rings. The zero-order chi connectivity index (χ0) is 17.9. The fraction of sp³-hybridized carbons (Fsp3) is 0.188. The van der Waals surface area contributed by atoms with Crippen LogP contribution in [0.1, 0.15) is 12.5 Å². The Kier molecular flexibility index (Phi) is 5.64. The molecule has 2 aromatic rings. The first-order valence-corrected chi connectivity index (χ1v) is 7.71. The molecule has 2 aromatic carbocycles. The third kappa shape index (κ3) is 4.15. The Hall–Kier alpha value is -2.31. The van der Waals surface area contributed by atoms with Gasteiger partial charge in [0.05, 0.1) is 21.2 Å². The maximum Gasteiger partial charge on any atom is 0.274 e. The Bertz CT molecular complexity index is 796. The molecule has 126 valence electrons. The Balaban J connectivity index is 2.12. The maximum atomic E-state index is 12.3. The largest absolute Gasteiger partial charge is 0.479 e. The van der Waals surface area contributed by atoms with Gasteiger partial charge in [-0.3, -0.25) is 14.9 Å². The molecule has 1 atom stereocenters. The van der Waals surface area contributed by atoms with Gasteiger partial charge in [0.25, 0.3) is 11.6 Å². The van der Waals surface area contributed by atoms with E-state index in [9.17, 15) is 14.9 Å². The summed E-state index contributed by atoms with van der Waals surface area (Å²) in [6, 6.07) is 9.13. The van der Waals surface area contributed by atoms with Crippen LogP contribution in [0, 0.1) is 17.0 Å². The molecule has 0 radical (unpaired) electrons. The number of ether oxygens (including phenoxy) is 1. The molecule has 1 amide bonds. The molecule has 0 saturated carbocycles. The summed E-state index contributed by atoms with van der Waals surface area (Å²) in [5.41, 5.74) is 0.654. The van der Waals surface area contributed by atoms with Crippen LogP contribution in [0.3, 0.4) is 0 Å². The van der Waals surface area contributed by atoms with E-state index in [2.05, 4.69) is 5.32 Å². The third-order valence-electron chi connectivity index (χ3n) is 3.33. The smallest absolute Gasteiger partial charge is 0.274 e. The number of rotatable bonds is 5. The lowest BCUT2D eigenvalue weighted by molar-refractivity contribution is -0.385. The van der Waals surface area contributed by atoms with Crippen molar-refractivity contribution in [2.45, 2.75) is 20.0 Å². The molecule has 24 heavy (non-hydrogen) atoms. The zero-order valence-corrected chi connectivity index (χ0v) is 14.4. The average molecular weight is 369 g/mol. The fourth-order valence-corrected chi connectivity index (χ4v) is 2.46. The number of carbonyl (C=O) groups is 1. The Morgan fingerprint density at radius 3 is 2.62 bits per heavy atom. The van der Waals surface area contributed by atoms with Crippen molar-refractivity contribution in [3.8, 4) is 5.75 Å². The van der Waals surface area contributed by atoms with Gasteiger partial charge in [0.2, 0.25) is 0 Å². The normalized spacial score (nSPS) is 11.7. The lowest BCUT2D eigenvalue weighted by Gasteiger charge is -2.16. The average Bonchev–Trinajstić information content (AvgIpc) is 2.51. The third-order valence-corrected chi connectivity index (χ3v) is 3.86. The van der Waals surface area contributed by atoms with Crippen LogP contribution in [-0.4, -0.2) is 16.9 Å². The number of carbonyl (C=O) groups excluding carboxylic acids is 1. The van der Waals surface area contributed by atoms with Crippen molar-refractivity contribution < 1.29 is 14.5 Å². The standard InChI is InChI=1S/C16H14Cl2N2O4/c1-9-13(4-3-5-14(9)20(22)23)19-16(21)10(2)24-15-7-6-11(17)8-12(15)18/h3-8,10H,1-2H3,(H,19,21). The van der Waals surface area contributed by atoms with Crippen molar-refractivity contribution in [2.24, 2.45) is 0 Å². The number of anilines is 1. The first-order valence-electron chi connectivity index (χ1n) is 6.96. The summed E-state index contributed by atoms with van der Waals surface area (Å²) < 4.78 is 5.52. The molecular formula is C16H14Cl2N2O4. The first kappa shape index (κ1) is 18.0. The number of nitrogens with one attached hydrogen (secondary N) is 1. The van der Waals surface area contributed by atoms with Gasteiger partial charge in [0, 0.05) is 11.1 Å². The highest BCUT2D eigenvalue weighted by Crippen LogP contribution is 2.29. The van der Waals surface area contributed by atoms with Crippen LogP contribution < -0.4 is 10.1 Å². The second kappa shape index (κ2) is 7.51. The summed E-state index contributed by atoms with van der Waals surface area (Å²) in [7, 11) is 0. The van der Waals surface area contributed by atoms with Gasteiger partial charge < -0.3 is 10.1 Å². The van der Waals surface area contributed by atoms with Crippen LogP contribution >= 0.6 is 23.2 Å². The molecule has 0 aliphatic carbocycles. The number of nitro groups is 1. The van der Waals surface area contributed by atoms with Crippen molar-refractivity contribution in [3.63, 3.8) is 0 Å². The number of hydrogen-bond donors (Lipinski definition) is 1. The van der Waals surface area contributed by atoms with E-state index in [0.717, 1.165) is 0 Å². The van der Waals surface area contributed by atoms with Crippen LogP contribution in [0.25, 0.3) is 0 Å². The predicted octanol–water partition coefficient (Wildman–Crippen LogP) is 4.62. The molecule has 0 spiro atoms. The second-order valence-electron chi connectivity index (χ2n) is 5.03. The fourth-order valence-electron chi connectivity index (χ4n) is 2.01. The van der Waals surface area contributed by atoms with Gasteiger partial charge in [0.15, 0.2) is 6.10 Å². The Labute approximate surface area is 148 Å². The molecule has 1 N–H and O–H groups in total. The molecule has 1 unspecified atom stereocenters. The summed E-state index contributed by atoms with van der Waals surface area (Å²) >= 11 is 11.8. The minimum atomic E-state index is -0.859. The highest BCUT2D eigenvalue weighted by Gasteiger charge is 2.20. The molecule has 2 rings (SSSR count). The highest BCUT2D eigenvalue weighted by molar-refractivity contribution is 6.35. The van der Waals surface area contributed by atoms with Crippen molar-refractivity contribution in [1.82, 2.24) is 0 Å². The van der Waals surface area contributed by atoms with E-state index in [1.165, 1.54) is 18.2 Å². The summed E-state index contributed by atoms with van der Waals surface area (Å²) in [6.45, 7) is 3.11. The molecule has 6 nitrogen and oxygen atoms in total. The molecule has 8 heteroatoms. The summed E-state index contributed by atoms with van der Waals surface area (Å²) in [5, 5.41) is 14.3. The van der Waals surface area contributed by atoms with Gasteiger partial charge in [-0.05, 0) is 38.1 Å². The summed E-state index contributed by atoms with van der Waals surface area (Å²) in [4.78, 5) is 22.7. The van der Waals surface area contributed by atoms with E-state index in [1.54, 1.807) is 32.0 Å². The van der Waals surface area contributed by atoms with E-state index in [1.807, 2.05) is 0 Å². The molecule has 0 bridgehead atoms. The van der Waals surface area contributed by atoms with Crippen LogP contribution in [0.15, 0.2) is 36.4 Å². The minimum Gasteiger partial charge on any atom is -0.479 e. The van der Waals surface area contributed by atoms with Crippen molar-refractivity contribution >= 4 is 40.5 Å². The van der Waals surface area contributed by atoms with Crippen molar-refractivity contribution in [1.29, 1.82) is 0 Å². The van der Waals surface area contributed by atoms with E-state index in [-0.39, 0.29) is 10.7 Å². The van der Waals surface area contributed by atoms with Gasteiger partial charge in [-0.25, -0.2) is 0 Å². The Morgan fingerprint density at radius 1 is 1.29 bits per heavy atom. The zero-order valence-electron chi connectivity index (χ0n) is 12.9. The first-order chi connectivity index (χ1) is 11.3. The summed E-state index contributed by atoms with van der Waals surface area (Å²) in [5.74, 6) is -0.135. The number of nitro benzene ring substituents is 1. The van der Waals surface area contributed by atoms with Gasteiger partial charge in [-0.1, -0.05) is 29.3 Å². The SMILES string of the molecule is Cc1c(NC(=O)C(C)Oc2ccc(Cl)cc2Cl)cccc1[N+](=O)[O-]. The molecular weight excluding hydrogens is 355 g/mol. The molecule has 0 heterocycles. The molecule has 0 aromatic heterocycles. The number of halogens is 2. The molecule has 0 saturated heterocycles. The number of benzene rings is 2. The number of hydrogen-bond acceptors (Lipinski definition) is 4. The predicted molar refractivity (Wildman–Crippen MR) is 93.0 cm³/mol. The van der Waals surface area contributed by atoms with E-state index >= 15 is 0 Å². The highest BCUT2D eigenvalue weighted by atomic mass is 35.5. The molecule has 0 aliphatic heterocycles. The van der Waals surface area contributed by atoms with Gasteiger partial charge in [-0.2, -0.15) is 0 Å². The van der Waals surface area contributed by atoms with E-state index in [4.69, 9.17) is 27.9 Å². The van der Waals surface area contributed by atoms with Gasteiger partial charge in [0.1, 0.15) is 5.75 Å². The second-order valence-corrected chi connectivity index (χ2v) is 5.87. The van der Waals surface area contributed by atoms with E-state index in [0.29, 0.717) is 22.0 Å². The lowest BCUT2D eigenvalue weighted by Crippen LogP contribution is -2.30. The lowest BCUT2D eigenvalue weighted by atomic mass is 10.1. The van der Waals surface area contributed by atoms with Crippen molar-refractivity contribution in [2.75, 3.05) is 5.32 Å². The number of nitrogens with zero attached hydrogens (tertiary/aromatic N) is 1. The van der Waals surface area contributed by atoms with Crippen LogP contribution in [0.2, 0.25) is 10.0 Å². The van der Waals surface area contributed by atoms with Crippen molar-refractivity contribution in [3.05, 3.63) is 62.1 Å². The monoisotopic (exact) mass is 368 g/mol. The van der Waals surface area contributed by atoms with E-state index < -0.39 is 16.9 Å². The topological polar surface area (TPSA) is 81.5 Å². The van der Waals surface area contributed by atoms with Gasteiger partial charge >= 0.3 is 0 Å². The van der Waals surface area contributed by atoms with Gasteiger partial charge in [-0.15, -0.1) is 0 Å². The molecule has 0 fully saturated rings. The van der Waals surface area contributed by atoms with Crippen LogP contribution in [-0.2, 0) is 4.79 Å². The maximum absolute atomic E-state index is 12.3.